The Labute approximate surface area is 223 Å². The third-order valence-corrected chi connectivity index (χ3v) is 8.70. The molecule has 39 heavy (non-hydrogen) atoms. The normalized spacial score (nSPS) is 16.4. The van der Waals surface area contributed by atoms with Crippen LogP contribution in [-0.4, -0.2) is 70.7 Å². The number of alkyl halides is 3. The van der Waals surface area contributed by atoms with E-state index in [2.05, 4.69) is 24.6 Å². The molecule has 1 aliphatic heterocycles. The van der Waals surface area contributed by atoms with Gasteiger partial charge in [0.25, 0.3) is 20.2 Å². The van der Waals surface area contributed by atoms with Gasteiger partial charge < -0.3 is 9.47 Å². The number of aryl methyl sites for hydroxylation is 2. The molecule has 2 heterocycles. The fourth-order valence-corrected chi connectivity index (χ4v) is 5.69. The van der Waals surface area contributed by atoms with Crippen LogP contribution >= 0.6 is 0 Å². The Kier molecular flexibility index (Phi) is 8.45. The second-order valence-electron chi connectivity index (χ2n) is 8.97. The first-order valence-corrected chi connectivity index (χ1v) is 14.4. The SMILES string of the molecule is CCn1cc(S(=O)(=O)N2C[C@H](CNS(=O)(=O)NC)Oc3ccc(NC(=O)OC(C)(C)C(F)(F)F)cc32)c(C)n1. The number of nitrogens with one attached hydrogen (secondary N) is 3. The van der Waals surface area contributed by atoms with Gasteiger partial charge in [0.15, 0.2) is 0 Å². The Morgan fingerprint density at radius 1 is 1.23 bits per heavy atom. The molecule has 1 atom stereocenters. The van der Waals surface area contributed by atoms with Gasteiger partial charge in [0.1, 0.15) is 16.7 Å². The number of halogens is 3. The molecule has 0 saturated carbocycles. The summed E-state index contributed by atoms with van der Waals surface area (Å²) in [6, 6.07) is 3.76. The van der Waals surface area contributed by atoms with Gasteiger partial charge in [-0.25, -0.2) is 17.9 Å². The first-order valence-electron chi connectivity index (χ1n) is 11.5. The van der Waals surface area contributed by atoms with Gasteiger partial charge in [0.2, 0.25) is 5.60 Å². The van der Waals surface area contributed by atoms with Gasteiger partial charge in [-0.2, -0.15) is 31.4 Å². The van der Waals surface area contributed by atoms with Gasteiger partial charge in [-0.05, 0) is 45.9 Å². The molecule has 0 saturated heterocycles. The topological polar surface area (TPSA) is 161 Å². The van der Waals surface area contributed by atoms with E-state index in [-0.39, 0.29) is 40.8 Å². The van der Waals surface area contributed by atoms with E-state index in [9.17, 15) is 34.8 Å². The molecule has 13 nitrogen and oxygen atoms in total. The fourth-order valence-electron chi connectivity index (χ4n) is 3.46. The van der Waals surface area contributed by atoms with Crippen LogP contribution in [0.25, 0.3) is 0 Å². The summed E-state index contributed by atoms with van der Waals surface area (Å²) in [7, 11) is -6.96. The number of amides is 1. The van der Waals surface area contributed by atoms with Crippen LogP contribution in [0.1, 0.15) is 26.5 Å². The minimum absolute atomic E-state index is 0.0218. The summed E-state index contributed by atoms with van der Waals surface area (Å²) in [6.07, 6.45) is -5.86. The summed E-state index contributed by atoms with van der Waals surface area (Å²) in [5, 5.41) is 6.34. The van der Waals surface area contributed by atoms with Gasteiger partial charge in [-0.3, -0.25) is 14.3 Å². The van der Waals surface area contributed by atoms with Gasteiger partial charge in [-0.15, -0.1) is 0 Å². The van der Waals surface area contributed by atoms with Crippen molar-refractivity contribution < 1.29 is 44.3 Å². The monoisotopic (exact) mass is 598 g/mol. The molecule has 0 bridgehead atoms. The number of carbonyl (C=O) groups is 1. The van der Waals surface area contributed by atoms with E-state index in [0.717, 1.165) is 4.31 Å². The molecule has 1 aliphatic rings. The maximum atomic E-state index is 13.8. The van der Waals surface area contributed by atoms with E-state index in [4.69, 9.17) is 4.74 Å². The second-order valence-corrected chi connectivity index (χ2v) is 12.5. The zero-order valence-electron chi connectivity index (χ0n) is 21.7. The van der Waals surface area contributed by atoms with Crippen LogP contribution in [0.4, 0.5) is 29.3 Å². The van der Waals surface area contributed by atoms with E-state index in [1.165, 1.54) is 43.0 Å². The highest BCUT2D eigenvalue weighted by Crippen LogP contribution is 2.40. The standard InChI is InChI=1S/C21H29F3N6O7S2/c1-6-29-12-18(13(2)28-29)38(32,33)30-11-15(10-26-39(34,35)25-5)36-17-8-7-14(9-16(17)30)27-19(31)37-20(3,4)21(22,23)24/h7-9,12,15,25-26H,6,10-11H2,1-5H3,(H,27,31)/t15-/m0/s1. The highest BCUT2D eigenvalue weighted by atomic mass is 32.2. The molecule has 2 aromatic rings. The van der Waals surface area contributed by atoms with Crippen molar-refractivity contribution in [1.29, 1.82) is 0 Å². The number of anilines is 2. The highest BCUT2D eigenvalue weighted by molar-refractivity contribution is 7.93. The van der Waals surface area contributed by atoms with Crippen molar-refractivity contribution in [3.8, 4) is 5.75 Å². The van der Waals surface area contributed by atoms with Crippen LogP contribution in [0.2, 0.25) is 0 Å². The lowest BCUT2D eigenvalue weighted by atomic mass is 10.1. The summed E-state index contributed by atoms with van der Waals surface area (Å²) < 4.78 is 108. The zero-order chi connectivity index (χ0) is 29.4. The predicted octanol–water partition coefficient (Wildman–Crippen LogP) is 2.11. The highest BCUT2D eigenvalue weighted by Gasteiger charge is 2.51. The smallest absolute Gasteiger partial charge is 0.427 e. The average molecular weight is 599 g/mol. The number of benzene rings is 1. The molecular formula is C21H29F3N6O7S2. The molecule has 218 valence electrons. The van der Waals surface area contributed by atoms with Crippen LogP contribution in [0.15, 0.2) is 29.3 Å². The first-order chi connectivity index (χ1) is 17.9. The maximum Gasteiger partial charge on any atom is 0.427 e. The van der Waals surface area contributed by atoms with Crippen molar-refractivity contribution in [2.24, 2.45) is 0 Å². The molecule has 0 radical (unpaired) electrons. The van der Waals surface area contributed by atoms with Crippen molar-refractivity contribution in [3.63, 3.8) is 0 Å². The Hall–Kier alpha value is -3.09. The van der Waals surface area contributed by atoms with Crippen LogP contribution in [-0.2, 0) is 31.5 Å². The third kappa shape index (κ3) is 6.74. The summed E-state index contributed by atoms with van der Waals surface area (Å²) in [5.74, 6) is 0.0218. The van der Waals surface area contributed by atoms with Crippen molar-refractivity contribution in [2.75, 3.05) is 29.8 Å². The van der Waals surface area contributed by atoms with Crippen molar-refractivity contribution >= 4 is 37.7 Å². The minimum Gasteiger partial charge on any atom is -0.485 e. The van der Waals surface area contributed by atoms with Gasteiger partial charge in [0, 0.05) is 25.5 Å². The summed E-state index contributed by atoms with van der Waals surface area (Å²) in [6.45, 7) is 4.41. The lowest BCUT2D eigenvalue weighted by molar-refractivity contribution is -0.242. The van der Waals surface area contributed by atoms with Crippen LogP contribution < -0.4 is 23.8 Å². The number of sulfonamides is 1. The largest absolute Gasteiger partial charge is 0.485 e. The van der Waals surface area contributed by atoms with E-state index < -0.39 is 44.2 Å². The van der Waals surface area contributed by atoms with Crippen molar-refractivity contribution in [3.05, 3.63) is 30.1 Å². The average Bonchev–Trinajstić information content (AvgIpc) is 3.22. The molecule has 3 rings (SSSR count). The Morgan fingerprint density at radius 2 is 1.90 bits per heavy atom. The molecule has 0 fully saturated rings. The molecule has 18 heteroatoms. The lowest BCUT2D eigenvalue weighted by Gasteiger charge is -2.35. The van der Waals surface area contributed by atoms with Crippen LogP contribution in [0.5, 0.6) is 5.75 Å². The number of carbonyl (C=O) groups excluding carboxylic acids is 1. The molecule has 1 aromatic heterocycles. The van der Waals surface area contributed by atoms with E-state index in [0.29, 0.717) is 20.4 Å². The summed E-state index contributed by atoms with van der Waals surface area (Å²) >= 11 is 0. The van der Waals surface area contributed by atoms with E-state index >= 15 is 0 Å². The second kappa shape index (κ2) is 10.8. The Balaban J connectivity index is 1.99. The summed E-state index contributed by atoms with van der Waals surface area (Å²) in [4.78, 5) is 12.1. The number of ether oxygens (including phenoxy) is 2. The van der Waals surface area contributed by atoms with Crippen molar-refractivity contribution in [1.82, 2.24) is 19.2 Å². The third-order valence-electron chi connectivity index (χ3n) is 5.73. The molecule has 0 spiro atoms. The number of rotatable bonds is 9. The van der Waals surface area contributed by atoms with E-state index in [1.54, 1.807) is 6.92 Å². The molecule has 0 aliphatic carbocycles. The van der Waals surface area contributed by atoms with Crippen LogP contribution in [0.3, 0.4) is 0 Å². The van der Waals surface area contributed by atoms with Gasteiger partial charge in [-0.1, -0.05) is 0 Å². The van der Waals surface area contributed by atoms with E-state index in [1.807, 2.05) is 0 Å². The molecule has 3 N–H and O–H groups in total. The quantitative estimate of drug-likeness (QED) is 0.396. The van der Waals surface area contributed by atoms with Crippen LogP contribution in [0, 0.1) is 6.92 Å². The lowest BCUT2D eigenvalue weighted by Crippen LogP contribution is -2.49. The minimum atomic E-state index is -4.83. The Morgan fingerprint density at radius 3 is 2.46 bits per heavy atom. The zero-order valence-corrected chi connectivity index (χ0v) is 23.3. The molecule has 1 aromatic carbocycles. The predicted molar refractivity (Wildman–Crippen MR) is 134 cm³/mol. The number of hydrogen-bond acceptors (Lipinski definition) is 8. The van der Waals surface area contributed by atoms with Gasteiger partial charge >= 0.3 is 12.3 Å². The first kappa shape index (κ1) is 30.5. The Bertz CT molecular complexity index is 1440. The molecule has 1 amide bonds. The van der Waals surface area contributed by atoms with Gasteiger partial charge in [0.05, 0.1) is 24.5 Å². The fraction of sp³-hybridized carbons (Fsp3) is 0.524. The summed E-state index contributed by atoms with van der Waals surface area (Å²) in [5.41, 5.74) is -2.69. The number of hydrogen-bond donors (Lipinski definition) is 3. The van der Waals surface area contributed by atoms with Crippen molar-refractivity contribution in [2.45, 2.75) is 57.0 Å². The number of nitrogens with zero attached hydrogens (tertiary/aromatic N) is 3. The number of aromatic nitrogens is 2. The molecular weight excluding hydrogens is 569 g/mol. The number of fused-ring (bicyclic) bond motifs is 1. The molecule has 0 unspecified atom stereocenters. The maximum absolute atomic E-state index is 13.8.